The van der Waals surface area contributed by atoms with Gasteiger partial charge in [0, 0.05) is 20.8 Å². The SMILES string of the molecule is CC[C@@H](C)Nc1nc(CSc2ccc(Cl)cc2)nc2sc3c(c12)CCC3. The minimum Gasteiger partial charge on any atom is -0.367 e. The van der Waals surface area contributed by atoms with Crippen molar-refractivity contribution in [1.82, 2.24) is 9.97 Å². The first-order chi connectivity index (χ1) is 12.6. The smallest absolute Gasteiger partial charge is 0.142 e. The van der Waals surface area contributed by atoms with Crippen molar-refractivity contribution in [2.24, 2.45) is 0 Å². The third kappa shape index (κ3) is 3.71. The molecule has 2 heterocycles. The Hall–Kier alpha value is -1.30. The Labute approximate surface area is 167 Å². The zero-order chi connectivity index (χ0) is 18.1. The Balaban J connectivity index is 1.65. The molecule has 0 unspecified atom stereocenters. The van der Waals surface area contributed by atoms with E-state index in [1.54, 1.807) is 11.8 Å². The first-order valence-corrected chi connectivity index (χ1v) is 11.3. The lowest BCUT2D eigenvalue weighted by atomic mass is 10.1. The molecule has 1 aliphatic carbocycles. The molecular weight excluding hydrogens is 382 g/mol. The van der Waals surface area contributed by atoms with E-state index in [9.17, 15) is 0 Å². The number of rotatable bonds is 6. The van der Waals surface area contributed by atoms with Crippen LogP contribution in [0, 0.1) is 0 Å². The van der Waals surface area contributed by atoms with Crippen molar-refractivity contribution in [2.45, 2.75) is 56.2 Å². The van der Waals surface area contributed by atoms with E-state index in [2.05, 4.69) is 19.2 Å². The molecule has 0 saturated carbocycles. The number of hydrogen-bond donors (Lipinski definition) is 1. The van der Waals surface area contributed by atoms with Crippen LogP contribution in [0.15, 0.2) is 29.2 Å². The van der Waals surface area contributed by atoms with Crippen LogP contribution in [-0.2, 0) is 18.6 Å². The van der Waals surface area contributed by atoms with Crippen LogP contribution in [-0.4, -0.2) is 16.0 Å². The van der Waals surface area contributed by atoms with Crippen molar-refractivity contribution in [1.29, 1.82) is 0 Å². The van der Waals surface area contributed by atoms with Crippen molar-refractivity contribution in [3.05, 3.63) is 45.6 Å². The van der Waals surface area contributed by atoms with Crippen LogP contribution in [0.5, 0.6) is 0 Å². The van der Waals surface area contributed by atoms with Crippen molar-refractivity contribution >= 4 is 50.7 Å². The molecule has 136 valence electrons. The number of halogens is 1. The lowest BCUT2D eigenvalue weighted by molar-refractivity contribution is 0.759. The molecule has 0 aliphatic heterocycles. The third-order valence-electron chi connectivity index (χ3n) is 4.79. The summed E-state index contributed by atoms with van der Waals surface area (Å²) < 4.78 is 0. The fourth-order valence-corrected chi connectivity index (χ4v) is 5.38. The maximum Gasteiger partial charge on any atom is 0.142 e. The maximum atomic E-state index is 5.97. The Morgan fingerprint density at radius 2 is 2.04 bits per heavy atom. The predicted octanol–water partition coefficient (Wildman–Crippen LogP) is 6.34. The quantitative estimate of drug-likeness (QED) is 0.487. The zero-order valence-electron chi connectivity index (χ0n) is 15.0. The monoisotopic (exact) mass is 403 g/mol. The zero-order valence-corrected chi connectivity index (χ0v) is 17.4. The molecule has 0 amide bonds. The molecule has 0 radical (unpaired) electrons. The van der Waals surface area contributed by atoms with Crippen LogP contribution in [0.25, 0.3) is 10.2 Å². The van der Waals surface area contributed by atoms with Crippen LogP contribution >= 0.6 is 34.7 Å². The number of thioether (sulfide) groups is 1. The lowest BCUT2D eigenvalue weighted by Gasteiger charge is -2.14. The molecule has 1 aliphatic rings. The second kappa shape index (κ2) is 7.75. The molecular formula is C20H22ClN3S2. The van der Waals surface area contributed by atoms with Crippen molar-refractivity contribution in [2.75, 3.05) is 5.32 Å². The minimum absolute atomic E-state index is 0.404. The molecule has 4 rings (SSSR count). The van der Waals surface area contributed by atoms with Gasteiger partial charge in [0.05, 0.1) is 11.1 Å². The van der Waals surface area contributed by atoms with Gasteiger partial charge in [0.1, 0.15) is 16.5 Å². The van der Waals surface area contributed by atoms with E-state index in [1.807, 2.05) is 35.6 Å². The maximum absolute atomic E-state index is 5.97. The van der Waals surface area contributed by atoms with Gasteiger partial charge < -0.3 is 5.32 Å². The van der Waals surface area contributed by atoms with E-state index in [0.717, 1.165) is 40.1 Å². The third-order valence-corrected chi connectivity index (χ3v) is 7.23. The van der Waals surface area contributed by atoms with Crippen LogP contribution in [0.4, 0.5) is 5.82 Å². The van der Waals surface area contributed by atoms with Gasteiger partial charge in [-0.2, -0.15) is 0 Å². The number of nitrogens with zero attached hydrogens (tertiary/aromatic N) is 2. The topological polar surface area (TPSA) is 37.8 Å². The van der Waals surface area contributed by atoms with Crippen LogP contribution in [0.3, 0.4) is 0 Å². The van der Waals surface area contributed by atoms with E-state index >= 15 is 0 Å². The Morgan fingerprint density at radius 1 is 1.23 bits per heavy atom. The summed E-state index contributed by atoms with van der Waals surface area (Å²) in [7, 11) is 0. The average molecular weight is 404 g/mol. The van der Waals surface area contributed by atoms with Crippen LogP contribution in [0.1, 0.15) is 43.0 Å². The van der Waals surface area contributed by atoms with Gasteiger partial charge in [-0.1, -0.05) is 18.5 Å². The molecule has 1 atom stereocenters. The van der Waals surface area contributed by atoms with E-state index in [-0.39, 0.29) is 0 Å². The molecule has 1 aromatic carbocycles. The van der Waals surface area contributed by atoms with Gasteiger partial charge in [-0.3, -0.25) is 0 Å². The van der Waals surface area contributed by atoms with E-state index < -0.39 is 0 Å². The van der Waals surface area contributed by atoms with E-state index in [4.69, 9.17) is 21.6 Å². The van der Waals surface area contributed by atoms with Crippen molar-refractivity contribution in [3.8, 4) is 0 Å². The Morgan fingerprint density at radius 3 is 2.81 bits per heavy atom. The van der Waals surface area contributed by atoms with E-state index in [1.165, 1.54) is 33.6 Å². The highest BCUT2D eigenvalue weighted by Gasteiger charge is 2.22. The number of aryl methyl sites for hydroxylation is 2. The molecule has 0 spiro atoms. The first kappa shape index (κ1) is 18.1. The molecule has 3 aromatic rings. The largest absolute Gasteiger partial charge is 0.367 e. The summed E-state index contributed by atoms with van der Waals surface area (Å²) in [6.45, 7) is 4.41. The van der Waals surface area contributed by atoms with E-state index in [0.29, 0.717) is 6.04 Å². The van der Waals surface area contributed by atoms with Gasteiger partial charge in [0.15, 0.2) is 0 Å². The van der Waals surface area contributed by atoms with Gasteiger partial charge >= 0.3 is 0 Å². The number of fused-ring (bicyclic) bond motifs is 3. The number of benzene rings is 1. The number of nitrogens with one attached hydrogen (secondary N) is 1. The first-order valence-electron chi connectivity index (χ1n) is 9.10. The minimum atomic E-state index is 0.404. The molecule has 3 nitrogen and oxygen atoms in total. The Bertz CT molecular complexity index is 921. The summed E-state index contributed by atoms with van der Waals surface area (Å²) in [5.41, 5.74) is 1.48. The van der Waals surface area contributed by atoms with Crippen molar-refractivity contribution < 1.29 is 0 Å². The molecule has 6 heteroatoms. The summed E-state index contributed by atoms with van der Waals surface area (Å²) in [6, 6.07) is 8.34. The summed E-state index contributed by atoms with van der Waals surface area (Å²) in [5, 5.41) is 5.66. The molecule has 26 heavy (non-hydrogen) atoms. The van der Waals surface area contributed by atoms with Crippen LogP contribution < -0.4 is 5.32 Å². The van der Waals surface area contributed by atoms with Gasteiger partial charge in [0.25, 0.3) is 0 Å². The summed E-state index contributed by atoms with van der Waals surface area (Å²) in [4.78, 5) is 13.6. The fraction of sp³-hybridized carbons (Fsp3) is 0.400. The number of hydrogen-bond acceptors (Lipinski definition) is 5. The van der Waals surface area contributed by atoms with Gasteiger partial charge in [-0.15, -0.1) is 23.1 Å². The van der Waals surface area contributed by atoms with Gasteiger partial charge in [-0.05, 0) is 62.4 Å². The fourth-order valence-electron chi connectivity index (χ4n) is 3.22. The average Bonchev–Trinajstić information content (AvgIpc) is 3.21. The second-order valence-electron chi connectivity index (χ2n) is 6.72. The number of thiophene rings is 1. The van der Waals surface area contributed by atoms with Gasteiger partial charge in [0.2, 0.25) is 0 Å². The standard InChI is InChI=1S/C20H22ClN3S2/c1-3-12(2)22-19-18-15-5-4-6-16(15)26-20(18)24-17(23-19)11-25-14-9-7-13(21)8-10-14/h7-10,12H,3-6,11H2,1-2H3,(H,22,23,24)/t12-/m1/s1. The normalized spacial score (nSPS) is 14.6. The van der Waals surface area contributed by atoms with Gasteiger partial charge in [-0.25, -0.2) is 9.97 Å². The second-order valence-corrected chi connectivity index (χ2v) is 9.29. The molecule has 0 bridgehead atoms. The summed E-state index contributed by atoms with van der Waals surface area (Å²) in [5.74, 6) is 2.67. The number of anilines is 1. The highest BCUT2D eigenvalue weighted by Crippen LogP contribution is 2.40. The molecule has 0 saturated heterocycles. The number of aromatic nitrogens is 2. The van der Waals surface area contributed by atoms with Crippen molar-refractivity contribution in [3.63, 3.8) is 0 Å². The summed E-state index contributed by atoms with van der Waals surface area (Å²) >= 11 is 9.58. The Kier molecular flexibility index (Phi) is 5.39. The van der Waals surface area contributed by atoms with Crippen LogP contribution in [0.2, 0.25) is 5.02 Å². The highest BCUT2D eigenvalue weighted by molar-refractivity contribution is 7.98. The molecule has 1 N–H and O–H groups in total. The lowest BCUT2D eigenvalue weighted by Crippen LogP contribution is -2.15. The highest BCUT2D eigenvalue weighted by atomic mass is 35.5. The molecule has 2 aromatic heterocycles. The summed E-state index contributed by atoms with van der Waals surface area (Å²) in [6.07, 6.45) is 4.68. The predicted molar refractivity (Wildman–Crippen MR) is 114 cm³/mol. The molecule has 0 fully saturated rings.